The number of hydrogen-bond donors (Lipinski definition) is 0. The van der Waals surface area contributed by atoms with E-state index in [0.29, 0.717) is 0 Å². The summed E-state index contributed by atoms with van der Waals surface area (Å²) in [6.07, 6.45) is 0. The van der Waals surface area contributed by atoms with Crippen LogP contribution in [0, 0.1) is 0 Å². The average molecular weight is 407 g/mol. The third kappa shape index (κ3) is 3.72. The Labute approximate surface area is 178 Å². The minimum atomic E-state index is -0.819. The third-order valence-electron chi connectivity index (χ3n) is 5.01. The summed E-state index contributed by atoms with van der Waals surface area (Å²) >= 11 is 0. The van der Waals surface area contributed by atoms with Gasteiger partial charge in [-0.1, -0.05) is 84.9 Å². The Morgan fingerprint density at radius 1 is 0.567 bits per heavy atom. The highest BCUT2D eigenvalue weighted by molar-refractivity contribution is 7.70. The Kier molecular flexibility index (Phi) is 5.28. The van der Waals surface area contributed by atoms with Gasteiger partial charge in [-0.15, -0.1) is 0 Å². The number of nitrogens with zero attached hydrogens (tertiary/aromatic N) is 3. The Hall–Kier alpha value is -3.42. The quantitative estimate of drug-likeness (QED) is 0.366. The summed E-state index contributed by atoms with van der Waals surface area (Å²) in [6, 6.07) is 42.3. The van der Waals surface area contributed by atoms with Crippen molar-refractivity contribution >= 4 is 36.4 Å². The summed E-state index contributed by atoms with van der Waals surface area (Å²) in [5.41, 5.74) is 3.36. The fraction of sp³-hybridized carbons (Fsp3) is 0.0385. The molecule has 4 heteroatoms. The Morgan fingerprint density at radius 3 is 1.67 bits per heavy atom. The van der Waals surface area contributed by atoms with Crippen LogP contribution in [0.1, 0.15) is 0 Å². The van der Waals surface area contributed by atoms with Crippen molar-refractivity contribution < 1.29 is 0 Å². The van der Waals surface area contributed by atoms with E-state index in [9.17, 15) is 0 Å². The molecule has 1 aliphatic heterocycles. The van der Waals surface area contributed by atoms with Crippen LogP contribution >= 0.6 is 8.22 Å². The van der Waals surface area contributed by atoms with Gasteiger partial charge in [0.1, 0.15) is 14.1 Å². The number of amidine groups is 1. The van der Waals surface area contributed by atoms with Crippen molar-refractivity contribution in [2.75, 3.05) is 15.9 Å². The first-order chi connectivity index (χ1) is 14.9. The highest BCUT2D eigenvalue weighted by Crippen LogP contribution is 2.53. The Morgan fingerprint density at radius 2 is 1.07 bits per heavy atom. The van der Waals surface area contributed by atoms with E-state index >= 15 is 0 Å². The van der Waals surface area contributed by atoms with Crippen LogP contribution < -0.4 is 14.6 Å². The molecule has 0 aromatic heterocycles. The van der Waals surface area contributed by atoms with E-state index in [1.165, 1.54) is 16.7 Å². The van der Waals surface area contributed by atoms with Gasteiger partial charge in [0.15, 0.2) is 0 Å². The van der Waals surface area contributed by atoms with Gasteiger partial charge >= 0.3 is 0 Å². The molecule has 0 N–H and O–H groups in total. The molecule has 30 heavy (non-hydrogen) atoms. The van der Waals surface area contributed by atoms with Crippen LogP contribution in [0.4, 0.5) is 17.1 Å². The maximum atomic E-state index is 5.08. The third-order valence-corrected chi connectivity index (χ3v) is 7.44. The maximum Gasteiger partial charge on any atom is 0.135 e. The lowest BCUT2D eigenvalue weighted by Crippen LogP contribution is -2.24. The van der Waals surface area contributed by atoms with Gasteiger partial charge in [0, 0.05) is 16.7 Å². The molecular weight excluding hydrogens is 385 g/mol. The van der Waals surface area contributed by atoms with Crippen molar-refractivity contribution in [3.63, 3.8) is 0 Å². The SMILES string of the molecule is c1ccc(N=C2CN(c3ccccc3)P(c3ccccc3)N2c2ccccc2)cc1. The molecule has 4 aromatic rings. The number of para-hydroxylation sites is 3. The largest absolute Gasteiger partial charge is 0.322 e. The highest BCUT2D eigenvalue weighted by Gasteiger charge is 2.39. The fourth-order valence-corrected chi connectivity index (χ4v) is 6.12. The highest BCUT2D eigenvalue weighted by atomic mass is 31.1. The molecule has 0 aliphatic carbocycles. The molecule has 0 amide bonds. The van der Waals surface area contributed by atoms with Crippen LogP contribution in [0.15, 0.2) is 126 Å². The molecule has 1 saturated heterocycles. The molecule has 5 rings (SSSR count). The van der Waals surface area contributed by atoms with Gasteiger partial charge in [0.2, 0.25) is 0 Å². The van der Waals surface area contributed by atoms with E-state index < -0.39 is 8.22 Å². The molecule has 1 fully saturated rings. The summed E-state index contributed by atoms with van der Waals surface area (Å²) in [5.74, 6) is 1.06. The lowest BCUT2D eigenvalue weighted by atomic mass is 10.3. The van der Waals surface area contributed by atoms with Crippen molar-refractivity contribution in [1.82, 2.24) is 0 Å². The second-order valence-electron chi connectivity index (χ2n) is 7.03. The normalized spacial score (nSPS) is 17.5. The van der Waals surface area contributed by atoms with E-state index in [4.69, 9.17) is 4.99 Å². The van der Waals surface area contributed by atoms with Crippen LogP contribution in [-0.2, 0) is 0 Å². The van der Waals surface area contributed by atoms with E-state index in [2.05, 4.69) is 112 Å². The van der Waals surface area contributed by atoms with Crippen LogP contribution in [-0.4, -0.2) is 12.4 Å². The maximum absolute atomic E-state index is 5.08. The standard InChI is InChI=1S/C26H22N3P/c1-5-13-22(14-6-1)27-26-21-28(23-15-7-2-8-16-23)30(25-19-11-4-12-20-25)29(26)24-17-9-3-10-18-24/h1-20H,21H2. The molecule has 1 aliphatic rings. The van der Waals surface area contributed by atoms with E-state index in [1.54, 1.807) is 0 Å². The summed E-state index contributed by atoms with van der Waals surface area (Å²) < 4.78 is 4.91. The van der Waals surface area contributed by atoms with Crippen molar-refractivity contribution in [1.29, 1.82) is 0 Å². The molecule has 1 atom stereocenters. The second kappa shape index (κ2) is 8.52. The zero-order valence-electron chi connectivity index (χ0n) is 16.5. The second-order valence-corrected chi connectivity index (χ2v) is 9.01. The molecule has 1 heterocycles. The molecule has 4 aromatic carbocycles. The van der Waals surface area contributed by atoms with Gasteiger partial charge in [-0.3, -0.25) is 4.67 Å². The molecule has 0 bridgehead atoms. The lowest BCUT2D eigenvalue weighted by molar-refractivity contribution is 1.25. The van der Waals surface area contributed by atoms with Crippen molar-refractivity contribution in [3.8, 4) is 0 Å². The zero-order chi connectivity index (χ0) is 20.2. The van der Waals surface area contributed by atoms with Crippen molar-refractivity contribution in [3.05, 3.63) is 121 Å². The summed E-state index contributed by atoms with van der Waals surface area (Å²) in [7, 11) is -0.819. The summed E-state index contributed by atoms with van der Waals surface area (Å²) in [4.78, 5) is 5.08. The van der Waals surface area contributed by atoms with Gasteiger partial charge in [0.05, 0.1) is 12.2 Å². The number of benzene rings is 4. The van der Waals surface area contributed by atoms with E-state index in [-0.39, 0.29) is 0 Å². The fourth-order valence-electron chi connectivity index (χ4n) is 3.66. The number of anilines is 2. The Bertz CT molecular complexity index is 1120. The van der Waals surface area contributed by atoms with Crippen LogP contribution in [0.3, 0.4) is 0 Å². The van der Waals surface area contributed by atoms with E-state index in [0.717, 1.165) is 18.1 Å². The minimum absolute atomic E-state index is 0.758. The predicted octanol–water partition coefficient (Wildman–Crippen LogP) is 6.38. The monoisotopic (exact) mass is 407 g/mol. The molecule has 0 spiro atoms. The van der Waals surface area contributed by atoms with Gasteiger partial charge < -0.3 is 4.67 Å². The van der Waals surface area contributed by atoms with Crippen LogP contribution in [0.25, 0.3) is 0 Å². The van der Waals surface area contributed by atoms with Gasteiger partial charge in [-0.25, -0.2) is 4.99 Å². The lowest BCUT2D eigenvalue weighted by Gasteiger charge is -2.31. The van der Waals surface area contributed by atoms with Crippen molar-refractivity contribution in [2.45, 2.75) is 0 Å². The van der Waals surface area contributed by atoms with Crippen LogP contribution in [0.5, 0.6) is 0 Å². The van der Waals surface area contributed by atoms with Gasteiger partial charge in [-0.05, 0) is 36.4 Å². The number of hydrogen-bond acceptors (Lipinski definition) is 2. The smallest absolute Gasteiger partial charge is 0.135 e. The summed E-state index contributed by atoms with van der Waals surface area (Å²) in [5, 5.41) is 1.30. The van der Waals surface area contributed by atoms with Crippen molar-refractivity contribution in [2.24, 2.45) is 4.99 Å². The zero-order valence-corrected chi connectivity index (χ0v) is 17.4. The van der Waals surface area contributed by atoms with E-state index in [1.807, 2.05) is 18.2 Å². The van der Waals surface area contributed by atoms with Gasteiger partial charge in [-0.2, -0.15) is 0 Å². The van der Waals surface area contributed by atoms with Gasteiger partial charge in [0.25, 0.3) is 0 Å². The molecule has 0 saturated carbocycles. The molecule has 3 nitrogen and oxygen atoms in total. The Balaban J connectivity index is 1.69. The molecule has 1 unspecified atom stereocenters. The first kappa shape index (κ1) is 18.6. The number of rotatable bonds is 4. The molecular formula is C26H22N3P. The molecule has 146 valence electrons. The number of aliphatic imine (C=N–C) groups is 1. The summed E-state index contributed by atoms with van der Waals surface area (Å²) in [6.45, 7) is 0.758. The van der Waals surface area contributed by atoms with Crippen LogP contribution in [0.2, 0.25) is 0 Å². The average Bonchev–Trinajstić information content (AvgIpc) is 3.20. The topological polar surface area (TPSA) is 18.8 Å². The predicted molar refractivity (Wildman–Crippen MR) is 129 cm³/mol. The minimum Gasteiger partial charge on any atom is -0.322 e. The first-order valence-corrected chi connectivity index (χ1v) is 11.3. The molecule has 0 radical (unpaired) electrons. The first-order valence-electron chi connectivity index (χ1n) is 10.1.